The van der Waals surface area contributed by atoms with E-state index in [0.717, 1.165) is 38.2 Å². The van der Waals surface area contributed by atoms with Crippen LogP contribution in [-0.2, 0) is 0 Å². The number of rotatable bonds is 8. The Bertz CT molecular complexity index is 522. The summed E-state index contributed by atoms with van der Waals surface area (Å²) in [6, 6.07) is 3.76. The van der Waals surface area contributed by atoms with Crippen LogP contribution in [0.5, 0.6) is 0 Å². The lowest BCUT2D eigenvalue weighted by atomic mass is 9.97. The number of pyridine rings is 1. The minimum absolute atomic E-state index is 0.0462. The van der Waals surface area contributed by atoms with Crippen molar-refractivity contribution in [3.8, 4) is 0 Å². The molecule has 1 N–H and O–H groups in total. The topological polar surface area (TPSA) is 45.2 Å². The fourth-order valence-corrected chi connectivity index (χ4v) is 2.82. The first kappa shape index (κ1) is 17.5. The summed E-state index contributed by atoms with van der Waals surface area (Å²) in [5.74, 6) is 0.888. The molecule has 1 aromatic heterocycles. The van der Waals surface area contributed by atoms with Crippen molar-refractivity contribution in [2.45, 2.75) is 51.9 Å². The highest BCUT2D eigenvalue weighted by Gasteiger charge is 2.11. The van der Waals surface area contributed by atoms with Crippen LogP contribution in [0.25, 0.3) is 0 Å². The van der Waals surface area contributed by atoms with Crippen LogP contribution in [0.2, 0.25) is 0 Å². The Morgan fingerprint density at radius 3 is 2.87 bits per heavy atom. The number of carbonyl (C=O) groups excluding carboxylic acids is 1. The summed E-state index contributed by atoms with van der Waals surface area (Å²) < 4.78 is 0. The fraction of sp³-hybridized carbons (Fsp3) is 0.579. The molecule has 0 spiro atoms. The summed E-state index contributed by atoms with van der Waals surface area (Å²) in [6.07, 6.45) is 12.4. The largest absolute Gasteiger partial charge is 0.370 e. The average Bonchev–Trinajstić information content (AvgIpc) is 2.60. The van der Waals surface area contributed by atoms with Crippen molar-refractivity contribution in [1.82, 2.24) is 9.88 Å². The van der Waals surface area contributed by atoms with Gasteiger partial charge in [-0.3, -0.25) is 4.79 Å². The molecule has 0 aromatic carbocycles. The van der Waals surface area contributed by atoms with Gasteiger partial charge in [0.25, 0.3) is 5.91 Å². The molecule has 0 unspecified atom stereocenters. The number of hydrogen-bond acceptors (Lipinski definition) is 3. The van der Waals surface area contributed by atoms with Crippen LogP contribution >= 0.6 is 0 Å². The standard InChI is InChI=1S/C19H29N3O/c1-3-4-14-22(2)19(23)17-10-11-18(21-15-17)20-13-12-16-8-6-5-7-9-16/h8,10-11,15H,3-7,9,12-14H2,1-2H3,(H,20,21). The van der Waals surface area contributed by atoms with E-state index in [2.05, 4.69) is 23.3 Å². The summed E-state index contributed by atoms with van der Waals surface area (Å²) >= 11 is 0. The van der Waals surface area contributed by atoms with Crippen molar-refractivity contribution in [3.05, 3.63) is 35.5 Å². The number of nitrogens with one attached hydrogen (secondary N) is 1. The predicted molar refractivity (Wildman–Crippen MR) is 95.8 cm³/mol. The van der Waals surface area contributed by atoms with Crippen LogP contribution in [0.15, 0.2) is 30.0 Å². The number of unbranched alkanes of at least 4 members (excludes halogenated alkanes) is 1. The van der Waals surface area contributed by atoms with Gasteiger partial charge >= 0.3 is 0 Å². The minimum Gasteiger partial charge on any atom is -0.370 e. The van der Waals surface area contributed by atoms with Gasteiger partial charge < -0.3 is 10.2 Å². The molecule has 0 aliphatic heterocycles. The van der Waals surface area contributed by atoms with E-state index in [1.807, 2.05) is 19.2 Å². The van der Waals surface area contributed by atoms with Gasteiger partial charge in [0, 0.05) is 26.3 Å². The molecule has 1 aliphatic carbocycles. The van der Waals surface area contributed by atoms with Crippen LogP contribution in [0.1, 0.15) is 62.2 Å². The van der Waals surface area contributed by atoms with Crippen molar-refractivity contribution >= 4 is 11.7 Å². The third-order valence-electron chi connectivity index (χ3n) is 4.34. The molecule has 4 heteroatoms. The van der Waals surface area contributed by atoms with Gasteiger partial charge in [-0.25, -0.2) is 4.98 Å². The molecular formula is C19H29N3O. The molecule has 0 radical (unpaired) electrons. The molecule has 126 valence electrons. The number of anilines is 1. The molecular weight excluding hydrogens is 286 g/mol. The molecule has 0 atom stereocenters. The summed E-state index contributed by atoms with van der Waals surface area (Å²) in [7, 11) is 1.85. The molecule has 0 saturated heterocycles. The molecule has 0 bridgehead atoms. The molecule has 1 aliphatic rings. The van der Waals surface area contributed by atoms with E-state index in [0.29, 0.717) is 5.56 Å². The summed E-state index contributed by atoms with van der Waals surface area (Å²) in [6.45, 7) is 3.83. The zero-order valence-corrected chi connectivity index (χ0v) is 14.5. The fourth-order valence-electron chi connectivity index (χ4n) is 2.82. The van der Waals surface area contributed by atoms with Gasteiger partial charge in [-0.2, -0.15) is 0 Å². The van der Waals surface area contributed by atoms with Crippen molar-refractivity contribution in [2.75, 3.05) is 25.5 Å². The maximum absolute atomic E-state index is 12.2. The maximum Gasteiger partial charge on any atom is 0.255 e. The van der Waals surface area contributed by atoms with E-state index in [-0.39, 0.29) is 5.91 Å². The highest BCUT2D eigenvalue weighted by molar-refractivity contribution is 5.93. The minimum atomic E-state index is 0.0462. The van der Waals surface area contributed by atoms with Gasteiger partial charge in [-0.15, -0.1) is 0 Å². The first-order valence-electron chi connectivity index (χ1n) is 8.84. The van der Waals surface area contributed by atoms with Crippen molar-refractivity contribution < 1.29 is 4.79 Å². The Kier molecular flexibility index (Phi) is 7.11. The van der Waals surface area contributed by atoms with Gasteiger partial charge in [-0.05, 0) is 50.7 Å². The molecule has 1 heterocycles. The van der Waals surface area contributed by atoms with Crippen LogP contribution in [0, 0.1) is 0 Å². The third-order valence-corrected chi connectivity index (χ3v) is 4.34. The van der Waals surface area contributed by atoms with Gasteiger partial charge in [0.2, 0.25) is 0 Å². The lowest BCUT2D eigenvalue weighted by molar-refractivity contribution is 0.0793. The Morgan fingerprint density at radius 2 is 2.22 bits per heavy atom. The Labute approximate surface area is 140 Å². The number of aromatic nitrogens is 1. The van der Waals surface area contributed by atoms with E-state index < -0.39 is 0 Å². The summed E-state index contributed by atoms with van der Waals surface area (Å²) in [5, 5.41) is 3.34. The molecule has 23 heavy (non-hydrogen) atoms. The maximum atomic E-state index is 12.2. The smallest absolute Gasteiger partial charge is 0.255 e. The van der Waals surface area contributed by atoms with E-state index in [4.69, 9.17) is 0 Å². The SMILES string of the molecule is CCCCN(C)C(=O)c1ccc(NCCC2=CCCCC2)nc1. The third kappa shape index (κ3) is 5.70. The van der Waals surface area contributed by atoms with Crippen LogP contribution < -0.4 is 5.32 Å². The second-order valence-corrected chi connectivity index (χ2v) is 6.30. The zero-order chi connectivity index (χ0) is 16.5. The van der Waals surface area contributed by atoms with Crippen LogP contribution in [-0.4, -0.2) is 35.9 Å². The van der Waals surface area contributed by atoms with Gasteiger partial charge in [0.15, 0.2) is 0 Å². The quantitative estimate of drug-likeness (QED) is 0.729. The molecule has 2 rings (SSSR count). The van der Waals surface area contributed by atoms with Crippen LogP contribution in [0.4, 0.5) is 5.82 Å². The van der Waals surface area contributed by atoms with Gasteiger partial charge in [0.05, 0.1) is 5.56 Å². The lowest BCUT2D eigenvalue weighted by Crippen LogP contribution is -2.27. The first-order chi connectivity index (χ1) is 11.2. The van der Waals surface area contributed by atoms with Gasteiger partial charge in [0.1, 0.15) is 5.82 Å². The summed E-state index contributed by atoms with van der Waals surface area (Å²) in [4.78, 5) is 18.4. The zero-order valence-electron chi connectivity index (χ0n) is 14.5. The normalized spacial score (nSPS) is 14.3. The number of amides is 1. The number of allylic oxidation sites excluding steroid dienone is 1. The van der Waals surface area contributed by atoms with E-state index in [1.165, 1.54) is 25.7 Å². The molecule has 0 saturated carbocycles. The first-order valence-corrected chi connectivity index (χ1v) is 8.84. The van der Waals surface area contributed by atoms with E-state index >= 15 is 0 Å². The Balaban J connectivity index is 1.79. The number of nitrogens with zero attached hydrogens (tertiary/aromatic N) is 2. The predicted octanol–water partition coefficient (Wildman–Crippen LogP) is 4.26. The highest BCUT2D eigenvalue weighted by Crippen LogP contribution is 2.20. The molecule has 4 nitrogen and oxygen atoms in total. The van der Waals surface area contributed by atoms with Crippen molar-refractivity contribution in [2.24, 2.45) is 0 Å². The summed E-state index contributed by atoms with van der Waals surface area (Å²) in [5.41, 5.74) is 2.22. The monoisotopic (exact) mass is 315 g/mol. The number of hydrogen-bond donors (Lipinski definition) is 1. The highest BCUT2D eigenvalue weighted by atomic mass is 16.2. The van der Waals surface area contributed by atoms with Crippen molar-refractivity contribution in [3.63, 3.8) is 0 Å². The van der Waals surface area contributed by atoms with Crippen molar-refractivity contribution in [1.29, 1.82) is 0 Å². The number of carbonyl (C=O) groups is 1. The molecule has 1 aromatic rings. The Morgan fingerprint density at radius 1 is 1.35 bits per heavy atom. The van der Waals surface area contributed by atoms with E-state index in [1.54, 1.807) is 16.7 Å². The van der Waals surface area contributed by atoms with Gasteiger partial charge in [-0.1, -0.05) is 25.0 Å². The molecule has 0 fully saturated rings. The average molecular weight is 315 g/mol. The lowest BCUT2D eigenvalue weighted by Gasteiger charge is -2.17. The van der Waals surface area contributed by atoms with Crippen LogP contribution in [0.3, 0.4) is 0 Å². The second kappa shape index (κ2) is 9.33. The molecule has 1 amide bonds. The van der Waals surface area contributed by atoms with E-state index in [9.17, 15) is 4.79 Å². The Hall–Kier alpha value is -1.84. The second-order valence-electron chi connectivity index (χ2n) is 6.30.